The lowest BCUT2D eigenvalue weighted by Crippen LogP contribution is -2.17. The van der Waals surface area contributed by atoms with Crippen LogP contribution in [0, 0.1) is 0 Å². The molecule has 2 rings (SSSR count). The lowest BCUT2D eigenvalue weighted by atomic mass is 10.1. The van der Waals surface area contributed by atoms with Crippen LogP contribution in [0.25, 0.3) is 0 Å². The highest BCUT2D eigenvalue weighted by Gasteiger charge is 2.20. The Hall–Kier alpha value is -1.55. The molecule has 1 atom stereocenters. The largest absolute Gasteiger partial charge is 0.329 e. The van der Waals surface area contributed by atoms with E-state index in [1.807, 2.05) is 55.1 Å². The summed E-state index contributed by atoms with van der Waals surface area (Å²) < 4.78 is 1.94. The summed E-state index contributed by atoms with van der Waals surface area (Å²) in [6.45, 7) is 2.03. The van der Waals surface area contributed by atoms with Crippen molar-refractivity contribution in [1.29, 1.82) is 0 Å². The number of carbonyl (C=O) groups is 1. The Morgan fingerprint density at radius 2 is 2.11 bits per heavy atom. The van der Waals surface area contributed by atoms with Gasteiger partial charge in [-0.05, 0) is 6.42 Å². The first-order valence-corrected chi connectivity index (χ1v) is 6.83. The van der Waals surface area contributed by atoms with Crippen LogP contribution in [0.3, 0.4) is 0 Å². The van der Waals surface area contributed by atoms with Crippen LogP contribution in [0.5, 0.6) is 0 Å². The Balaban J connectivity index is 2.15. The molecule has 2 aromatic rings. The molecule has 0 spiro atoms. The topological polar surface area (TPSA) is 34.9 Å². The van der Waals surface area contributed by atoms with Crippen molar-refractivity contribution in [3.8, 4) is 0 Å². The van der Waals surface area contributed by atoms with Crippen molar-refractivity contribution in [1.82, 2.24) is 9.55 Å². The number of aryl methyl sites for hydroxylation is 1. The van der Waals surface area contributed by atoms with E-state index in [0.717, 1.165) is 17.1 Å². The highest BCUT2D eigenvalue weighted by molar-refractivity contribution is 8.00. The zero-order valence-corrected chi connectivity index (χ0v) is 11.4. The Kier molecular flexibility index (Phi) is 4.20. The molecule has 0 N–H and O–H groups in total. The smallest absolute Gasteiger partial charge is 0.176 e. The first kappa shape index (κ1) is 12.9. The normalized spacial score (nSPS) is 12.3. The fourth-order valence-electron chi connectivity index (χ4n) is 1.70. The van der Waals surface area contributed by atoms with Gasteiger partial charge in [0.2, 0.25) is 0 Å². The Labute approximate surface area is 111 Å². The summed E-state index contributed by atoms with van der Waals surface area (Å²) in [7, 11) is 1.94. The summed E-state index contributed by atoms with van der Waals surface area (Å²) in [6, 6.07) is 9.44. The number of Topliss-reactive ketones (excluding diaryl/α,β-unsaturated/α-hetero) is 1. The Morgan fingerprint density at radius 3 is 2.67 bits per heavy atom. The van der Waals surface area contributed by atoms with E-state index >= 15 is 0 Å². The van der Waals surface area contributed by atoms with Gasteiger partial charge >= 0.3 is 0 Å². The first-order chi connectivity index (χ1) is 8.72. The minimum absolute atomic E-state index is 0.0755. The summed E-state index contributed by atoms with van der Waals surface area (Å²) in [6.07, 6.45) is 4.44. The van der Waals surface area contributed by atoms with Crippen molar-refractivity contribution in [2.75, 3.05) is 0 Å². The third-order valence-electron chi connectivity index (χ3n) is 2.75. The monoisotopic (exact) mass is 260 g/mol. The molecule has 1 unspecified atom stereocenters. The van der Waals surface area contributed by atoms with E-state index in [9.17, 15) is 4.79 Å². The Morgan fingerprint density at radius 1 is 1.39 bits per heavy atom. The number of hydrogen-bond acceptors (Lipinski definition) is 3. The molecular weight excluding hydrogens is 244 g/mol. The highest BCUT2D eigenvalue weighted by Crippen LogP contribution is 2.26. The van der Waals surface area contributed by atoms with Gasteiger partial charge in [0, 0.05) is 25.0 Å². The Bertz CT molecular complexity index is 522. The number of aromatic nitrogens is 2. The second-order valence-corrected chi connectivity index (χ2v) is 5.24. The first-order valence-electron chi connectivity index (χ1n) is 5.95. The van der Waals surface area contributed by atoms with Gasteiger partial charge in [-0.25, -0.2) is 4.98 Å². The van der Waals surface area contributed by atoms with Crippen LogP contribution in [-0.2, 0) is 7.05 Å². The SMILES string of the molecule is CCC(Sc1nccn1C)C(=O)c1ccccc1. The third-order valence-corrected chi connectivity index (χ3v) is 4.18. The molecule has 0 aliphatic heterocycles. The molecule has 0 saturated heterocycles. The molecule has 0 saturated carbocycles. The lowest BCUT2D eigenvalue weighted by Gasteiger charge is -2.12. The van der Waals surface area contributed by atoms with Gasteiger partial charge in [-0.2, -0.15) is 0 Å². The fraction of sp³-hybridized carbons (Fsp3) is 0.286. The van der Waals surface area contributed by atoms with E-state index in [1.165, 1.54) is 11.8 Å². The zero-order chi connectivity index (χ0) is 13.0. The number of nitrogens with zero attached hydrogens (tertiary/aromatic N) is 2. The minimum atomic E-state index is -0.0755. The van der Waals surface area contributed by atoms with Crippen molar-refractivity contribution < 1.29 is 4.79 Å². The van der Waals surface area contributed by atoms with Gasteiger partial charge in [0.15, 0.2) is 10.9 Å². The average Bonchev–Trinajstić information content (AvgIpc) is 2.81. The van der Waals surface area contributed by atoms with E-state index in [0.29, 0.717) is 0 Å². The van der Waals surface area contributed by atoms with E-state index in [-0.39, 0.29) is 11.0 Å². The number of carbonyl (C=O) groups excluding carboxylic acids is 1. The summed E-state index contributed by atoms with van der Waals surface area (Å²) in [5, 5.41) is 0.805. The summed E-state index contributed by atoms with van der Waals surface area (Å²) >= 11 is 1.53. The molecule has 3 nitrogen and oxygen atoms in total. The molecule has 0 fully saturated rings. The van der Waals surface area contributed by atoms with Crippen LogP contribution < -0.4 is 0 Å². The molecule has 94 valence electrons. The maximum atomic E-state index is 12.4. The zero-order valence-electron chi connectivity index (χ0n) is 10.5. The molecule has 0 bridgehead atoms. The van der Waals surface area contributed by atoms with E-state index in [4.69, 9.17) is 0 Å². The molecule has 0 amide bonds. The molecule has 0 aliphatic carbocycles. The highest BCUT2D eigenvalue weighted by atomic mass is 32.2. The number of imidazole rings is 1. The molecule has 1 aromatic carbocycles. The summed E-state index contributed by atoms with van der Waals surface area (Å²) in [5.41, 5.74) is 0.769. The van der Waals surface area contributed by atoms with Crippen LogP contribution in [0.1, 0.15) is 23.7 Å². The predicted octanol–water partition coefficient (Wildman–Crippen LogP) is 3.17. The van der Waals surface area contributed by atoms with Gasteiger partial charge in [0.25, 0.3) is 0 Å². The van der Waals surface area contributed by atoms with Crippen LogP contribution in [-0.4, -0.2) is 20.6 Å². The van der Waals surface area contributed by atoms with Crippen molar-refractivity contribution >= 4 is 17.5 Å². The van der Waals surface area contributed by atoms with Crippen LogP contribution in [0.2, 0.25) is 0 Å². The number of ketones is 1. The number of benzene rings is 1. The van der Waals surface area contributed by atoms with Gasteiger partial charge in [0.05, 0.1) is 5.25 Å². The second kappa shape index (κ2) is 5.87. The minimum Gasteiger partial charge on any atom is -0.329 e. The number of hydrogen-bond donors (Lipinski definition) is 0. The van der Waals surface area contributed by atoms with Gasteiger partial charge < -0.3 is 4.57 Å². The molecule has 18 heavy (non-hydrogen) atoms. The van der Waals surface area contributed by atoms with E-state index in [1.54, 1.807) is 6.20 Å². The standard InChI is InChI=1S/C14H16N2OS/c1-3-12(18-14-15-9-10-16(14)2)13(17)11-7-5-4-6-8-11/h4-10,12H,3H2,1-2H3. The van der Waals surface area contributed by atoms with Gasteiger partial charge in [0.1, 0.15) is 0 Å². The molecule has 0 radical (unpaired) electrons. The fourth-order valence-corrected chi connectivity index (χ4v) is 2.72. The quantitative estimate of drug-likeness (QED) is 0.612. The third kappa shape index (κ3) is 2.82. The number of rotatable bonds is 5. The van der Waals surface area contributed by atoms with Crippen LogP contribution in [0.15, 0.2) is 47.9 Å². The van der Waals surface area contributed by atoms with Crippen molar-refractivity contribution in [3.63, 3.8) is 0 Å². The van der Waals surface area contributed by atoms with Crippen molar-refractivity contribution in [2.45, 2.75) is 23.8 Å². The second-order valence-electron chi connectivity index (χ2n) is 4.07. The number of thioether (sulfide) groups is 1. The average molecular weight is 260 g/mol. The molecule has 1 heterocycles. The maximum Gasteiger partial charge on any atom is 0.176 e. The van der Waals surface area contributed by atoms with Gasteiger partial charge in [-0.15, -0.1) is 0 Å². The van der Waals surface area contributed by atoms with Crippen molar-refractivity contribution in [2.24, 2.45) is 7.05 Å². The molecule has 0 aliphatic rings. The van der Waals surface area contributed by atoms with Gasteiger partial charge in [-0.3, -0.25) is 4.79 Å². The summed E-state index contributed by atoms with van der Waals surface area (Å²) in [5.74, 6) is 0.172. The van der Waals surface area contributed by atoms with Crippen molar-refractivity contribution in [3.05, 3.63) is 48.3 Å². The van der Waals surface area contributed by atoms with Gasteiger partial charge in [-0.1, -0.05) is 49.0 Å². The lowest BCUT2D eigenvalue weighted by molar-refractivity contribution is 0.0988. The van der Waals surface area contributed by atoms with E-state index in [2.05, 4.69) is 4.98 Å². The molecular formula is C14H16N2OS. The maximum absolute atomic E-state index is 12.4. The predicted molar refractivity (Wildman–Crippen MR) is 73.9 cm³/mol. The molecule has 1 aromatic heterocycles. The van der Waals surface area contributed by atoms with Crippen LogP contribution >= 0.6 is 11.8 Å². The van der Waals surface area contributed by atoms with E-state index < -0.39 is 0 Å². The summed E-state index contributed by atoms with van der Waals surface area (Å²) in [4.78, 5) is 16.6. The van der Waals surface area contributed by atoms with Crippen LogP contribution in [0.4, 0.5) is 0 Å². The molecule has 4 heteroatoms.